The van der Waals surface area contributed by atoms with Crippen molar-refractivity contribution >= 4 is 5.96 Å². The molecule has 124 valence electrons. The largest absolute Gasteiger partial charge is 0.369 e. The van der Waals surface area contributed by atoms with E-state index in [0.29, 0.717) is 12.0 Å². The van der Waals surface area contributed by atoms with Gasteiger partial charge in [-0.15, -0.1) is 0 Å². The van der Waals surface area contributed by atoms with E-state index >= 15 is 0 Å². The molecule has 2 atom stereocenters. The molecule has 6 N–H and O–H groups in total. The van der Waals surface area contributed by atoms with Gasteiger partial charge in [0.2, 0.25) is 11.7 Å². The predicted octanol–water partition coefficient (Wildman–Crippen LogP) is 0.521. The Balaban J connectivity index is 1.62. The van der Waals surface area contributed by atoms with Crippen molar-refractivity contribution in [1.29, 1.82) is 0 Å². The zero-order valence-corrected chi connectivity index (χ0v) is 13.5. The topological polar surface area (TPSA) is 91.7 Å². The van der Waals surface area contributed by atoms with Gasteiger partial charge < -0.3 is 10.6 Å². The lowest BCUT2D eigenvalue weighted by Gasteiger charge is -2.26. The number of likely N-dealkylation sites (tertiary alicyclic amines) is 1. The second kappa shape index (κ2) is 5.78. The Bertz CT molecular complexity index is 622. The van der Waals surface area contributed by atoms with Gasteiger partial charge in [-0.2, -0.15) is 5.43 Å². The number of aliphatic imine (C=N–C) groups is 1. The van der Waals surface area contributed by atoms with Crippen LogP contribution in [0.5, 0.6) is 0 Å². The molecule has 0 bridgehead atoms. The van der Waals surface area contributed by atoms with Crippen LogP contribution in [-0.2, 0) is 18.6 Å². The van der Waals surface area contributed by atoms with Crippen molar-refractivity contribution in [1.82, 2.24) is 15.8 Å². The third kappa shape index (κ3) is 2.71. The summed E-state index contributed by atoms with van der Waals surface area (Å²) in [6.45, 7) is 2.53. The molecule has 2 unspecified atom stereocenters. The van der Waals surface area contributed by atoms with Gasteiger partial charge in [0.25, 0.3) is 0 Å². The summed E-state index contributed by atoms with van der Waals surface area (Å²) >= 11 is 0. The fraction of sp³-hybridized carbons (Fsp3) is 0.588. The Labute approximate surface area is 137 Å². The number of hydrazine groups is 1. The SMILES string of the molecule is NC1=NC(N)(c2cccc3c2CCC(N2CCCC2)CC3)NN1. The molecule has 0 spiro atoms. The molecule has 3 aliphatic rings. The van der Waals surface area contributed by atoms with Crippen LogP contribution in [0.15, 0.2) is 23.2 Å². The molecule has 1 aromatic carbocycles. The first kappa shape index (κ1) is 14.9. The summed E-state index contributed by atoms with van der Waals surface area (Å²) in [5, 5.41) is 0. The molecule has 6 nitrogen and oxygen atoms in total. The molecule has 1 aliphatic carbocycles. The first-order chi connectivity index (χ1) is 11.2. The average Bonchev–Trinajstić information content (AvgIpc) is 3.13. The molecule has 1 saturated heterocycles. The minimum Gasteiger partial charge on any atom is -0.369 e. The van der Waals surface area contributed by atoms with Crippen molar-refractivity contribution in [2.45, 2.75) is 50.4 Å². The maximum atomic E-state index is 6.45. The number of rotatable bonds is 2. The van der Waals surface area contributed by atoms with E-state index in [9.17, 15) is 0 Å². The lowest BCUT2D eigenvalue weighted by atomic mass is 9.93. The van der Waals surface area contributed by atoms with Crippen LogP contribution < -0.4 is 22.3 Å². The highest BCUT2D eigenvalue weighted by Gasteiger charge is 2.35. The van der Waals surface area contributed by atoms with Gasteiger partial charge in [-0.3, -0.25) is 11.2 Å². The van der Waals surface area contributed by atoms with Crippen LogP contribution >= 0.6 is 0 Å². The fourth-order valence-electron chi connectivity index (χ4n) is 4.30. The van der Waals surface area contributed by atoms with Crippen molar-refractivity contribution in [2.24, 2.45) is 16.5 Å². The summed E-state index contributed by atoms with van der Waals surface area (Å²) in [7, 11) is 0. The fourth-order valence-corrected chi connectivity index (χ4v) is 4.30. The van der Waals surface area contributed by atoms with Gasteiger partial charge in [-0.05, 0) is 62.7 Å². The zero-order valence-electron chi connectivity index (χ0n) is 13.5. The molecule has 4 rings (SSSR count). The summed E-state index contributed by atoms with van der Waals surface area (Å²) in [4.78, 5) is 7.04. The summed E-state index contributed by atoms with van der Waals surface area (Å²) in [6.07, 6.45) is 7.32. The molecule has 1 aromatic rings. The molecule has 1 fully saturated rings. The Kier molecular flexibility index (Phi) is 3.75. The number of nitrogens with one attached hydrogen (secondary N) is 2. The molecular formula is C17H26N6. The first-order valence-electron chi connectivity index (χ1n) is 8.68. The molecule has 0 saturated carbocycles. The zero-order chi connectivity index (χ0) is 15.9. The molecule has 2 heterocycles. The van der Waals surface area contributed by atoms with Gasteiger partial charge in [0.15, 0.2) is 0 Å². The van der Waals surface area contributed by atoms with Gasteiger partial charge in [-0.25, -0.2) is 4.99 Å². The Morgan fingerprint density at radius 3 is 2.70 bits per heavy atom. The molecular weight excluding hydrogens is 288 g/mol. The minimum atomic E-state index is -0.955. The van der Waals surface area contributed by atoms with E-state index in [4.69, 9.17) is 11.5 Å². The number of fused-ring (bicyclic) bond motifs is 1. The first-order valence-corrected chi connectivity index (χ1v) is 8.68. The molecule has 0 amide bonds. The van der Waals surface area contributed by atoms with E-state index in [1.165, 1.54) is 49.9 Å². The highest BCUT2D eigenvalue weighted by atomic mass is 15.6. The summed E-state index contributed by atoms with van der Waals surface area (Å²) < 4.78 is 0. The van der Waals surface area contributed by atoms with Gasteiger partial charge in [-0.1, -0.05) is 18.2 Å². The molecule has 23 heavy (non-hydrogen) atoms. The lowest BCUT2D eigenvalue weighted by Crippen LogP contribution is -2.51. The highest BCUT2D eigenvalue weighted by Crippen LogP contribution is 2.32. The number of guanidine groups is 1. The molecule has 2 aliphatic heterocycles. The van der Waals surface area contributed by atoms with Crippen molar-refractivity contribution in [3.05, 3.63) is 34.9 Å². The quantitative estimate of drug-likeness (QED) is 0.598. The third-order valence-corrected chi connectivity index (χ3v) is 5.49. The number of hydrogen-bond acceptors (Lipinski definition) is 6. The van der Waals surface area contributed by atoms with Crippen molar-refractivity contribution in [2.75, 3.05) is 13.1 Å². The van der Waals surface area contributed by atoms with Gasteiger partial charge in [0.05, 0.1) is 0 Å². The van der Waals surface area contributed by atoms with Crippen LogP contribution in [0.3, 0.4) is 0 Å². The maximum Gasteiger partial charge on any atom is 0.209 e. The number of nitrogens with two attached hydrogens (primary N) is 2. The van der Waals surface area contributed by atoms with Crippen LogP contribution in [0.1, 0.15) is 42.4 Å². The molecule has 0 radical (unpaired) electrons. The van der Waals surface area contributed by atoms with E-state index in [1.807, 2.05) is 0 Å². The molecule has 6 heteroatoms. The van der Waals surface area contributed by atoms with Crippen molar-refractivity contribution in [3.63, 3.8) is 0 Å². The van der Waals surface area contributed by atoms with E-state index in [0.717, 1.165) is 18.4 Å². The van der Waals surface area contributed by atoms with Crippen LogP contribution in [-0.4, -0.2) is 30.0 Å². The van der Waals surface area contributed by atoms with Crippen LogP contribution in [0.4, 0.5) is 0 Å². The number of nitrogens with zero attached hydrogens (tertiary/aromatic N) is 2. The van der Waals surface area contributed by atoms with Gasteiger partial charge in [0, 0.05) is 11.6 Å². The number of hydrogen-bond donors (Lipinski definition) is 4. The summed E-state index contributed by atoms with van der Waals surface area (Å²) in [5.41, 5.74) is 21.9. The smallest absolute Gasteiger partial charge is 0.209 e. The van der Waals surface area contributed by atoms with E-state index in [1.54, 1.807) is 0 Å². The Hall–Kier alpha value is -1.63. The second-order valence-electron chi connectivity index (χ2n) is 6.93. The second-order valence-corrected chi connectivity index (χ2v) is 6.93. The lowest BCUT2D eigenvalue weighted by molar-refractivity contribution is 0.222. The van der Waals surface area contributed by atoms with Crippen LogP contribution in [0.2, 0.25) is 0 Å². The predicted molar refractivity (Wildman–Crippen MR) is 91.4 cm³/mol. The summed E-state index contributed by atoms with van der Waals surface area (Å²) in [5.74, 6) is -0.614. The van der Waals surface area contributed by atoms with E-state index < -0.39 is 5.79 Å². The number of benzene rings is 1. The maximum absolute atomic E-state index is 6.45. The Morgan fingerprint density at radius 1 is 1.17 bits per heavy atom. The standard InChI is InChI=1S/C17H26N6/c18-16-20-17(19,22-21-16)15-5-3-4-12-6-7-13(8-9-14(12)15)23-10-1-2-11-23/h3-5,13,22H,1-2,6-11,19H2,(H3,18,20,21). The average molecular weight is 314 g/mol. The molecule has 0 aromatic heterocycles. The van der Waals surface area contributed by atoms with E-state index in [-0.39, 0.29) is 0 Å². The van der Waals surface area contributed by atoms with Crippen molar-refractivity contribution < 1.29 is 0 Å². The van der Waals surface area contributed by atoms with Crippen LogP contribution in [0.25, 0.3) is 0 Å². The normalized spacial score (nSPS) is 31.3. The van der Waals surface area contributed by atoms with Gasteiger partial charge in [0.1, 0.15) is 0 Å². The number of aryl methyl sites for hydroxylation is 1. The monoisotopic (exact) mass is 314 g/mol. The van der Waals surface area contributed by atoms with Gasteiger partial charge >= 0.3 is 0 Å². The Morgan fingerprint density at radius 2 is 1.96 bits per heavy atom. The minimum absolute atomic E-state index is 0.341. The summed E-state index contributed by atoms with van der Waals surface area (Å²) in [6, 6.07) is 7.11. The third-order valence-electron chi connectivity index (χ3n) is 5.49. The highest BCUT2D eigenvalue weighted by molar-refractivity contribution is 5.79. The van der Waals surface area contributed by atoms with Crippen LogP contribution in [0, 0.1) is 0 Å². The van der Waals surface area contributed by atoms with E-state index in [2.05, 4.69) is 38.9 Å². The van der Waals surface area contributed by atoms with Crippen molar-refractivity contribution in [3.8, 4) is 0 Å².